The summed E-state index contributed by atoms with van der Waals surface area (Å²) in [6.07, 6.45) is 4.18. The molecule has 0 saturated heterocycles. The highest BCUT2D eigenvalue weighted by Crippen LogP contribution is 2.25. The summed E-state index contributed by atoms with van der Waals surface area (Å²) < 4.78 is 0. The first-order valence-corrected chi connectivity index (χ1v) is 7.42. The van der Waals surface area contributed by atoms with Gasteiger partial charge in [0.05, 0.1) is 5.92 Å². The minimum atomic E-state index is -0.308. The maximum Gasteiger partial charge on any atom is 0.229 e. The van der Waals surface area contributed by atoms with E-state index in [-0.39, 0.29) is 30.4 Å². The molecule has 1 aliphatic rings. The Kier molecular flexibility index (Phi) is 5.56. The SMILES string of the molecule is NCC(C(=O)NC1CCCCC1CO)c1ccccc1. The molecule has 0 bridgehead atoms. The van der Waals surface area contributed by atoms with Crippen LogP contribution in [0.25, 0.3) is 0 Å². The third kappa shape index (κ3) is 3.58. The van der Waals surface area contributed by atoms with Crippen molar-refractivity contribution < 1.29 is 9.90 Å². The second-order valence-electron chi connectivity index (χ2n) is 5.54. The maximum atomic E-state index is 12.4. The number of benzene rings is 1. The number of carbonyl (C=O) groups excluding carboxylic acids is 1. The quantitative estimate of drug-likeness (QED) is 0.761. The average molecular weight is 276 g/mol. The Morgan fingerprint density at radius 3 is 2.65 bits per heavy atom. The Hall–Kier alpha value is -1.39. The number of nitrogens with two attached hydrogens (primary N) is 1. The van der Waals surface area contributed by atoms with Gasteiger partial charge in [-0.05, 0) is 18.4 Å². The van der Waals surface area contributed by atoms with Crippen LogP contribution in [0.1, 0.15) is 37.2 Å². The molecule has 0 heterocycles. The molecule has 1 amide bonds. The summed E-state index contributed by atoms with van der Waals surface area (Å²) in [6.45, 7) is 0.440. The topological polar surface area (TPSA) is 75.4 Å². The van der Waals surface area contributed by atoms with E-state index in [9.17, 15) is 9.90 Å². The summed E-state index contributed by atoms with van der Waals surface area (Å²) >= 11 is 0. The fraction of sp³-hybridized carbons (Fsp3) is 0.562. The lowest BCUT2D eigenvalue weighted by atomic mass is 9.84. The van der Waals surface area contributed by atoms with E-state index in [2.05, 4.69) is 5.32 Å². The van der Waals surface area contributed by atoms with Crippen LogP contribution < -0.4 is 11.1 Å². The van der Waals surface area contributed by atoms with Gasteiger partial charge in [-0.1, -0.05) is 43.2 Å². The van der Waals surface area contributed by atoms with Crippen LogP contribution >= 0.6 is 0 Å². The summed E-state index contributed by atoms with van der Waals surface area (Å²) in [5.74, 6) is -0.150. The highest BCUT2D eigenvalue weighted by molar-refractivity contribution is 5.84. The van der Waals surface area contributed by atoms with Crippen LogP contribution in [0.3, 0.4) is 0 Å². The van der Waals surface area contributed by atoms with Crippen LogP contribution in [0.5, 0.6) is 0 Å². The van der Waals surface area contributed by atoms with Crippen LogP contribution in [0.2, 0.25) is 0 Å². The van der Waals surface area contributed by atoms with Gasteiger partial charge in [0, 0.05) is 25.1 Å². The van der Waals surface area contributed by atoms with Gasteiger partial charge in [0.2, 0.25) is 5.91 Å². The van der Waals surface area contributed by atoms with E-state index >= 15 is 0 Å². The third-order valence-corrected chi connectivity index (χ3v) is 4.23. The van der Waals surface area contributed by atoms with Crippen LogP contribution in [-0.2, 0) is 4.79 Å². The van der Waals surface area contributed by atoms with Gasteiger partial charge in [-0.15, -0.1) is 0 Å². The van der Waals surface area contributed by atoms with Gasteiger partial charge in [0.15, 0.2) is 0 Å². The third-order valence-electron chi connectivity index (χ3n) is 4.23. The Labute approximate surface area is 120 Å². The van der Waals surface area contributed by atoms with Crippen molar-refractivity contribution in [2.75, 3.05) is 13.2 Å². The van der Waals surface area contributed by atoms with Gasteiger partial charge in [-0.2, -0.15) is 0 Å². The summed E-state index contributed by atoms with van der Waals surface area (Å²) in [7, 11) is 0. The maximum absolute atomic E-state index is 12.4. The monoisotopic (exact) mass is 276 g/mol. The molecule has 20 heavy (non-hydrogen) atoms. The van der Waals surface area contributed by atoms with Gasteiger partial charge in [0.25, 0.3) is 0 Å². The number of hydrogen-bond acceptors (Lipinski definition) is 3. The van der Waals surface area contributed by atoms with E-state index in [4.69, 9.17) is 5.73 Å². The highest BCUT2D eigenvalue weighted by atomic mass is 16.3. The zero-order chi connectivity index (χ0) is 14.4. The normalized spacial score (nSPS) is 24.1. The van der Waals surface area contributed by atoms with Crippen molar-refractivity contribution in [3.05, 3.63) is 35.9 Å². The lowest BCUT2D eigenvalue weighted by Gasteiger charge is -2.32. The van der Waals surface area contributed by atoms with Gasteiger partial charge in [0.1, 0.15) is 0 Å². The largest absolute Gasteiger partial charge is 0.396 e. The van der Waals surface area contributed by atoms with Crippen molar-refractivity contribution in [3.63, 3.8) is 0 Å². The standard InChI is InChI=1S/C16H24N2O2/c17-10-14(12-6-2-1-3-7-12)16(20)18-15-9-5-4-8-13(15)11-19/h1-3,6-7,13-15,19H,4-5,8-11,17H2,(H,18,20). The second-order valence-corrected chi connectivity index (χ2v) is 5.54. The molecule has 1 fully saturated rings. The van der Waals surface area contributed by atoms with E-state index in [1.54, 1.807) is 0 Å². The number of nitrogens with one attached hydrogen (secondary N) is 1. The zero-order valence-electron chi connectivity index (χ0n) is 11.8. The lowest BCUT2D eigenvalue weighted by Crippen LogP contribution is -2.46. The molecule has 1 aromatic rings. The Morgan fingerprint density at radius 1 is 1.30 bits per heavy atom. The molecule has 110 valence electrons. The molecule has 2 rings (SSSR count). The van der Waals surface area contributed by atoms with Gasteiger partial charge in [-0.25, -0.2) is 0 Å². The van der Waals surface area contributed by atoms with Crippen molar-refractivity contribution in [1.29, 1.82) is 0 Å². The predicted molar refractivity (Wildman–Crippen MR) is 79.2 cm³/mol. The van der Waals surface area contributed by atoms with Crippen LogP contribution in [0, 0.1) is 5.92 Å². The van der Waals surface area contributed by atoms with Crippen molar-refractivity contribution in [1.82, 2.24) is 5.32 Å². The van der Waals surface area contributed by atoms with E-state index in [0.717, 1.165) is 31.2 Å². The molecule has 4 N–H and O–H groups in total. The minimum Gasteiger partial charge on any atom is -0.396 e. The number of aliphatic hydroxyl groups is 1. The molecule has 1 saturated carbocycles. The Morgan fingerprint density at radius 2 is 2.00 bits per heavy atom. The summed E-state index contributed by atoms with van der Waals surface area (Å²) in [6, 6.07) is 9.71. The van der Waals surface area contributed by atoms with E-state index < -0.39 is 0 Å². The molecule has 3 unspecified atom stereocenters. The van der Waals surface area contributed by atoms with E-state index in [1.165, 1.54) is 0 Å². The van der Waals surface area contributed by atoms with E-state index in [0.29, 0.717) is 6.54 Å². The fourth-order valence-electron chi connectivity index (χ4n) is 2.98. The van der Waals surface area contributed by atoms with Crippen LogP contribution in [-0.4, -0.2) is 30.2 Å². The molecule has 0 spiro atoms. The number of aliphatic hydroxyl groups excluding tert-OH is 1. The molecular formula is C16H24N2O2. The lowest BCUT2D eigenvalue weighted by molar-refractivity contribution is -0.123. The zero-order valence-corrected chi connectivity index (χ0v) is 11.8. The summed E-state index contributed by atoms with van der Waals surface area (Å²) in [5.41, 5.74) is 6.72. The molecule has 1 aliphatic carbocycles. The van der Waals surface area contributed by atoms with Gasteiger partial charge >= 0.3 is 0 Å². The summed E-state index contributed by atoms with van der Waals surface area (Å²) in [5, 5.41) is 12.5. The van der Waals surface area contributed by atoms with Crippen molar-refractivity contribution >= 4 is 5.91 Å². The molecule has 4 heteroatoms. The van der Waals surface area contributed by atoms with Crippen LogP contribution in [0.15, 0.2) is 30.3 Å². The molecule has 0 aromatic heterocycles. The molecule has 0 aliphatic heterocycles. The predicted octanol–water partition coefficient (Wildman–Crippen LogP) is 1.40. The molecule has 3 atom stereocenters. The van der Waals surface area contributed by atoms with Gasteiger partial charge < -0.3 is 16.2 Å². The average Bonchev–Trinajstić information content (AvgIpc) is 2.49. The number of rotatable bonds is 5. The first-order valence-electron chi connectivity index (χ1n) is 7.42. The van der Waals surface area contributed by atoms with E-state index in [1.807, 2.05) is 30.3 Å². The van der Waals surface area contributed by atoms with Crippen molar-refractivity contribution in [2.24, 2.45) is 11.7 Å². The Bertz CT molecular complexity index is 422. The number of amides is 1. The first-order chi connectivity index (χ1) is 9.76. The Balaban J connectivity index is 2.02. The van der Waals surface area contributed by atoms with Gasteiger partial charge in [-0.3, -0.25) is 4.79 Å². The van der Waals surface area contributed by atoms with Crippen molar-refractivity contribution in [2.45, 2.75) is 37.6 Å². The second kappa shape index (κ2) is 7.41. The highest BCUT2D eigenvalue weighted by Gasteiger charge is 2.28. The molecule has 4 nitrogen and oxygen atoms in total. The smallest absolute Gasteiger partial charge is 0.229 e. The molecule has 1 aromatic carbocycles. The number of hydrogen-bond donors (Lipinski definition) is 3. The minimum absolute atomic E-state index is 0.0240. The molecular weight excluding hydrogens is 252 g/mol. The van der Waals surface area contributed by atoms with Crippen molar-refractivity contribution in [3.8, 4) is 0 Å². The molecule has 0 radical (unpaired) electrons. The van der Waals surface area contributed by atoms with Crippen LogP contribution in [0.4, 0.5) is 0 Å². The first kappa shape index (κ1) is 15.0. The summed E-state index contributed by atoms with van der Waals surface area (Å²) in [4.78, 5) is 12.4. The number of carbonyl (C=O) groups is 1. The fourth-order valence-corrected chi connectivity index (χ4v) is 2.98.